The zero-order chi connectivity index (χ0) is 10.4. The van der Waals surface area contributed by atoms with E-state index in [0.29, 0.717) is 17.5 Å². The number of alkyl halides is 1. The zero-order valence-electron chi connectivity index (χ0n) is 7.79. The minimum Gasteiger partial charge on any atom is -0.327 e. The molecule has 0 radical (unpaired) electrons. The van der Waals surface area contributed by atoms with Gasteiger partial charge in [0, 0.05) is 13.0 Å². The van der Waals surface area contributed by atoms with Crippen LogP contribution in [-0.2, 0) is 0 Å². The number of rotatable bonds is 4. The van der Waals surface area contributed by atoms with Crippen LogP contribution in [0.15, 0.2) is 42.2 Å². The quantitative estimate of drug-likeness (QED) is 0.789. The Kier molecular flexibility index (Phi) is 4.26. The molecule has 0 aliphatic rings. The second-order valence-corrected chi connectivity index (χ2v) is 3.05. The molecule has 1 atom stereocenters. The van der Waals surface area contributed by atoms with Crippen molar-refractivity contribution in [2.45, 2.75) is 12.6 Å². The maximum Gasteiger partial charge on any atom is 0.129 e. The summed E-state index contributed by atoms with van der Waals surface area (Å²) in [6.45, 7) is 0.0593. The third-order valence-electron chi connectivity index (χ3n) is 2.02. The second kappa shape index (κ2) is 5.50. The maximum absolute atomic E-state index is 13.5. The molecule has 1 unspecified atom stereocenters. The molecule has 0 fully saturated rings. The third-order valence-corrected chi connectivity index (χ3v) is 2.02. The average molecular weight is 197 g/mol. The van der Waals surface area contributed by atoms with Crippen LogP contribution in [0.5, 0.6) is 0 Å². The van der Waals surface area contributed by atoms with Gasteiger partial charge in [0.05, 0.1) is 6.33 Å². The molecule has 76 valence electrons. The number of hydrogen-bond acceptors (Lipinski definition) is 1. The van der Waals surface area contributed by atoms with Crippen LogP contribution in [0.4, 0.5) is 8.78 Å². The van der Waals surface area contributed by atoms with E-state index < -0.39 is 6.17 Å². The molecule has 0 heterocycles. The van der Waals surface area contributed by atoms with Crippen LogP contribution in [0.1, 0.15) is 18.2 Å². The summed E-state index contributed by atoms with van der Waals surface area (Å²) < 4.78 is 25.6. The number of benzene rings is 1. The predicted octanol–water partition coefficient (Wildman–Crippen LogP) is 2.90. The molecule has 3 heteroatoms. The van der Waals surface area contributed by atoms with Gasteiger partial charge in [-0.3, -0.25) is 0 Å². The van der Waals surface area contributed by atoms with Crippen molar-refractivity contribution in [3.05, 3.63) is 47.8 Å². The van der Waals surface area contributed by atoms with E-state index in [1.807, 2.05) is 6.07 Å². The van der Waals surface area contributed by atoms with E-state index in [4.69, 9.17) is 5.73 Å². The third kappa shape index (κ3) is 2.92. The molecule has 1 nitrogen and oxygen atoms in total. The lowest BCUT2D eigenvalue weighted by atomic mass is 10.0. The maximum atomic E-state index is 13.5. The monoisotopic (exact) mass is 197 g/mol. The summed E-state index contributed by atoms with van der Waals surface area (Å²) in [5.41, 5.74) is 6.08. The molecule has 0 aromatic heterocycles. The van der Waals surface area contributed by atoms with Gasteiger partial charge in [0.25, 0.3) is 0 Å². The van der Waals surface area contributed by atoms with Crippen LogP contribution < -0.4 is 5.73 Å². The van der Waals surface area contributed by atoms with Gasteiger partial charge < -0.3 is 5.73 Å². The first-order chi connectivity index (χ1) is 6.77. The summed E-state index contributed by atoms with van der Waals surface area (Å²) in [7, 11) is 0. The lowest BCUT2D eigenvalue weighted by Crippen LogP contribution is -2.05. The van der Waals surface area contributed by atoms with Crippen molar-refractivity contribution in [1.82, 2.24) is 0 Å². The minimum atomic E-state index is -1.18. The highest BCUT2D eigenvalue weighted by atomic mass is 19.1. The SMILES string of the molecule is NCC(=CF)CC(F)c1ccccc1. The van der Waals surface area contributed by atoms with Crippen molar-refractivity contribution >= 4 is 0 Å². The van der Waals surface area contributed by atoms with E-state index in [9.17, 15) is 8.78 Å². The van der Waals surface area contributed by atoms with Crippen molar-refractivity contribution < 1.29 is 8.78 Å². The smallest absolute Gasteiger partial charge is 0.129 e. The van der Waals surface area contributed by atoms with E-state index in [0.717, 1.165) is 0 Å². The molecule has 0 spiro atoms. The lowest BCUT2D eigenvalue weighted by molar-refractivity contribution is 0.339. The van der Waals surface area contributed by atoms with E-state index >= 15 is 0 Å². The molecule has 1 aromatic rings. The largest absolute Gasteiger partial charge is 0.327 e. The van der Waals surface area contributed by atoms with Crippen molar-refractivity contribution in [2.24, 2.45) is 5.73 Å². The van der Waals surface area contributed by atoms with Crippen molar-refractivity contribution in [3.63, 3.8) is 0 Å². The second-order valence-electron chi connectivity index (χ2n) is 3.05. The highest BCUT2D eigenvalue weighted by molar-refractivity contribution is 5.19. The average Bonchev–Trinajstić information content (AvgIpc) is 2.26. The molecular weight excluding hydrogens is 184 g/mol. The van der Waals surface area contributed by atoms with Crippen LogP contribution in [0, 0.1) is 0 Å². The summed E-state index contributed by atoms with van der Waals surface area (Å²) in [5.74, 6) is 0. The van der Waals surface area contributed by atoms with Gasteiger partial charge in [0.2, 0.25) is 0 Å². The number of nitrogens with two attached hydrogens (primary N) is 1. The topological polar surface area (TPSA) is 26.0 Å². The highest BCUT2D eigenvalue weighted by Crippen LogP contribution is 2.24. The molecule has 0 saturated carbocycles. The normalized spacial score (nSPS) is 14.1. The molecule has 0 aliphatic carbocycles. The first kappa shape index (κ1) is 10.9. The van der Waals surface area contributed by atoms with Gasteiger partial charge in [-0.1, -0.05) is 30.3 Å². The molecular formula is C11H13F2N. The summed E-state index contributed by atoms with van der Waals surface area (Å²) in [6, 6.07) is 8.67. The molecule has 0 bridgehead atoms. The van der Waals surface area contributed by atoms with Gasteiger partial charge in [-0.25, -0.2) is 8.78 Å². The Hall–Kier alpha value is -1.22. The van der Waals surface area contributed by atoms with Gasteiger partial charge in [-0.15, -0.1) is 0 Å². The van der Waals surface area contributed by atoms with E-state index in [1.165, 1.54) is 0 Å². The van der Waals surface area contributed by atoms with Gasteiger partial charge >= 0.3 is 0 Å². The Balaban J connectivity index is 2.63. The summed E-state index contributed by atoms with van der Waals surface area (Å²) in [6.07, 6.45) is -0.770. The molecule has 0 aliphatic heterocycles. The van der Waals surface area contributed by atoms with Crippen LogP contribution >= 0.6 is 0 Å². The Labute approximate surface area is 82.2 Å². The highest BCUT2D eigenvalue weighted by Gasteiger charge is 2.10. The fraction of sp³-hybridized carbons (Fsp3) is 0.273. The van der Waals surface area contributed by atoms with Crippen molar-refractivity contribution in [2.75, 3.05) is 6.54 Å². The molecule has 14 heavy (non-hydrogen) atoms. The summed E-state index contributed by atoms with van der Waals surface area (Å²) >= 11 is 0. The van der Waals surface area contributed by atoms with E-state index in [-0.39, 0.29) is 13.0 Å². The van der Waals surface area contributed by atoms with E-state index in [1.54, 1.807) is 24.3 Å². The van der Waals surface area contributed by atoms with E-state index in [2.05, 4.69) is 0 Å². The van der Waals surface area contributed by atoms with Gasteiger partial charge in [0.1, 0.15) is 6.17 Å². The molecule has 0 amide bonds. The van der Waals surface area contributed by atoms with Crippen LogP contribution in [0.25, 0.3) is 0 Å². The fourth-order valence-electron chi connectivity index (χ4n) is 1.18. The van der Waals surface area contributed by atoms with Crippen molar-refractivity contribution in [1.29, 1.82) is 0 Å². The lowest BCUT2D eigenvalue weighted by Gasteiger charge is -2.08. The number of halogens is 2. The Morgan fingerprint density at radius 1 is 1.36 bits per heavy atom. The molecule has 0 saturated heterocycles. The van der Waals surface area contributed by atoms with Gasteiger partial charge in [-0.2, -0.15) is 0 Å². The number of hydrogen-bond donors (Lipinski definition) is 1. The summed E-state index contributed by atoms with van der Waals surface area (Å²) in [4.78, 5) is 0. The zero-order valence-corrected chi connectivity index (χ0v) is 7.79. The van der Waals surface area contributed by atoms with Crippen LogP contribution in [0.3, 0.4) is 0 Å². The van der Waals surface area contributed by atoms with Gasteiger partial charge in [0.15, 0.2) is 0 Å². The van der Waals surface area contributed by atoms with Crippen LogP contribution in [-0.4, -0.2) is 6.54 Å². The Morgan fingerprint density at radius 2 is 2.00 bits per heavy atom. The summed E-state index contributed by atoms with van der Waals surface area (Å²) in [5, 5.41) is 0. The minimum absolute atomic E-state index is 0.0248. The molecule has 2 N–H and O–H groups in total. The van der Waals surface area contributed by atoms with Gasteiger partial charge in [-0.05, 0) is 11.1 Å². The van der Waals surface area contributed by atoms with Crippen LogP contribution in [0.2, 0.25) is 0 Å². The standard InChI is InChI=1S/C11H13F2N/c12-7-9(8-14)6-11(13)10-4-2-1-3-5-10/h1-5,7,11H,6,8,14H2. The first-order valence-corrected chi connectivity index (χ1v) is 4.45. The fourth-order valence-corrected chi connectivity index (χ4v) is 1.18. The van der Waals surface area contributed by atoms with Crippen molar-refractivity contribution in [3.8, 4) is 0 Å². The molecule has 1 aromatic carbocycles. The Bertz CT molecular complexity index is 295. The Morgan fingerprint density at radius 3 is 2.50 bits per heavy atom. The molecule has 1 rings (SSSR count). The predicted molar refractivity (Wildman–Crippen MR) is 53.2 cm³/mol. The first-order valence-electron chi connectivity index (χ1n) is 4.45.